The van der Waals surface area contributed by atoms with Crippen LogP contribution in [0.2, 0.25) is 5.02 Å². The standard InChI is InChI=1S/C13H12ClNO2S/c14-10-5-2-1-4-9(10)8-17-13(16)12(15)11-6-3-7-18-11/h1-7,12H,8,15H2. The van der Waals surface area contributed by atoms with E-state index in [2.05, 4.69) is 0 Å². The number of halogens is 1. The lowest BCUT2D eigenvalue weighted by Crippen LogP contribution is -2.22. The van der Waals surface area contributed by atoms with Crippen LogP contribution >= 0.6 is 22.9 Å². The van der Waals surface area contributed by atoms with E-state index in [0.717, 1.165) is 10.4 Å². The summed E-state index contributed by atoms with van der Waals surface area (Å²) in [6, 6.07) is 10.2. The van der Waals surface area contributed by atoms with Gasteiger partial charge in [-0.15, -0.1) is 11.3 Å². The summed E-state index contributed by atoms with van der Waals surface area (Å²) in [6.07, 6.45) is 0. The Morgan fingerprint density at radius 2 is 2.11 bits per heavy atom. The Morgan fingerprint density at radius 3 is 2.78 bits per heavy atom. The first kappa shape index (κ1) is 13.1. The molecule has 0 bridgehead atoms. The third kappa shape index (κ3) is 3.10. The van der Waals surface area contributed by atoms with Crippen LogP contribution < -0.4 is 5.73 Å². The van der Waals surface area contributed by atoms with Gasteiger partial charge < -0.3 is 10.5 Å². The topological polar surface area (TPSA) is 52.3 Å². The molecule has 2 rings (SSSR count). The van der Waals surface area contributed by atoms with Gasteiger partial charge in [0.2, 0.25) is 0 Å². The van der Waals surface area contributed by atoms with Crippen LogP contribution in [0.5, 0.6) is 0 Å². The summed E-state index contributed by atoms with van der Waals surface area (Å²) in [5, 5.41) is 2.45. The van der Waals surface area contributed by atoms with Crippen molar-refractivity contribution in [2.75, 3.05) is 0 Å². The van der Waals surface area contributed by atoms with Gasteiger partial charge in [0.25, 0.3) is 0 Å². The number of esters is 1. The second-order valence-electron chi connectivity index (χ2n) is 3.69. The zero-order valence-corrected chi connectivity index (χ0v) is 11.1. The van der Waals surface area contributed by atoms with E-state index in [4.69, 9.17) is 22.1 Å². The predicted molar refractivity (Wildman–Crippen MR) is 72.5 cm³/mol. The SMILES string of the molecule is NC(C(=O)OCc1ccccc1Cl)c1cccs1. The minimum atomic E-state index is -0.729. The minimum absolute atomic E-state index is 0.136. The van der Waals surface area contributed by atoms with Crippen LogP contribution in [-0.4, -0.2) is 5.97 Å². The minimum Gasteiger partial charge on any atom is -0.459 e. The largest absolute Gasteiger partial charge is 0.459 e. The van der Waals surface area contributed by atoms with Crippen LogP contribution in [0.15, 0.2) is 41.8 Å². The number of carbonyl (C=O) groups excluding carboxylic acids is 1. The van der Waals surface area contributed by atoms with Crippen LogP contribution in [-0.2, 0) is 16.1 Å². The van der Waals surface area contributed by atoms with Gasteiger partial charge in [-0.1, -0.05) is 35.9 Å². The first-order chi connectivity index (χ1) is 8.68. The fourth-order valence-corrected chi connectivity index (χ4v) is 2.34. The highest BCUT2D eigenvalue weighted by molar-refractivity contribution is 7.10. The van der Waals surface area contributed by atoms with E-state index in [1.807, 2.05) is 35.7 Å². The van der Waals surface area contributed by atoms with Crippen molar-refractivity contribution in [2.45, 2.75) is 12.6 Å². The number of hydrogen-bond donors (Lipinski definition) is 1. The van der Waals surface area contributed by atoms with Crippen molar-refractivity contribution in [3.8, 4) is 0 Å². The Kier molecular flexibility index (Phi) is 4.36. The van der Waals surface area contributed by atoms with Crippen molar-refractivity contribution in [3.63, 3.8) is 0 Å². The Morgan fingerprint density at radius 1 is 1.33 bits per heavy atom. The number of rotatable bonds is 4. The van der Waals surface area contributed by atoms with E-state index in [-0.39, 0.29) is 6.61 Å². The second kappa shape index (κ2) is 6.00. The van der Waals surface area contributed by atoms with Gasteiger partial charge in [-0.3, -0.25) is 0 Å². The average Bonchev–Trinajstić information content (AvgIpc) is 2.90. The zero-order valence-electron chi connectivity index (χ0n) is 9.51. The lowest BCUT2D eigenvalue weighted by Gasteiger charge is -2.10. The molecule has 1 aromatic heterocycles. The van der Waals surface area contributed by atoms with Gasteiger partial charge in [0.1, 0.15) is 12.6 Å². The van der Waals surface area contributed by atoms with Gasteiger partial charge >= 0.3 is 5.97 Å². The monoisotopic (exact) mass is 281 g/mol. The number of thiophene rings is 1. The molecule has 1 aromatic carbocycles. The van der Waals surface area contributed by atoms with Gasteiger partial charge in [-0.25, -0.2) is 4.79 Å². The molecule has 0 radical (unpaired) electrons. The Balaban J connectivity index is 1.95. The van der Waals surface area contributed by atoms with Gasteiger partial charge in [0.15, 0.2) is 0 Å². The molecule has 0 aliphatic carbocycles. The molecule has 1 heterocycles. The molecule has 2 N–H and O–H groups in total. The quantitative estimate of drug-likeness (QED) is 0.876. The molecule has 94 valence electrons. The van der Waals surface area contributed by atoms with Crippen molar-refractivity contribution in [1.29, 1.82) is 0 Å². The van der Waals surface area contributed by atoms with Crippen molar-refractivity contribution < 1.29 is 9.53 Å². The van der Waals surface area contributed by atoms with Crippen LogP contribution in [0.3, 0.4) is 0 Å². The Hall–Kier alpha value is -1.36. The predicted octanol–water partition coefficient (Wildman–Crippen LogP) is 3.14. The number of ether oxygens (including phenoxy) is 1. The average molecular weight is 282 g/mol. The van der Waals surface area contributed by atoms with E-state index in [9.17, 15) is 4.79 Å². The van der Waals surface area contributed by atoms with E-state index in [1.165, 1.54) is 11.3 Å². The summed E-state index contributed by atoms with van der Waals surface area (Å²) in [4.78, 5) is 12.5. The fourth-order valence-electron chi connectivity index (χ4n) is 1.44. The van der Waals surface area contributed by atoms with E-state index < -0.39 is 12.0 Å². The maximum Gasteiger partial charge on any atom is 0.328 e. The van der Waals surface area contributed by atoms with Gasteiger partial charge in [-0.2, -0.15) is 0 Å². The first-order valence-corrected chi connectivity index (χ1v) is 6.63. The number of nitrogens with two attached hydrogens (primary N) is 1. The van der Waals surface area contributed by atoms with Crippen LogP contribution in [0.25, 0.3) is 0 Å². The molecule has 0 saturated carbocycles. The molecule has 18 heavy (non-hydrogen) atoms. The first-order valence-electron chi connectivity index (χ1n) is 5.37. The smallest absolute Gasteiger partial charge is 0.328 e. The lowest BCUT2D eigenvalue weighted by molar-refractivity contribution is -0.146. The molecular formula is C13H12ClNO2S. The number of benzene rings is 1. The highest BCUT2D eigenvalue weighted by Crippen LogP contribution is 2.20. The second-order valence-corrected chi connectivity index (χ2v) is 5.08. The van der Waals surface area contributed by atoms with Crippen LogP contribution in [0.4, 0.5) is 0 Å². The summed E-state index contributed by atoms with van der Waals surface area (Å²) >= 11 is 7.40. The molecule has 2 aromatic rings. The molecular weight excluding hydrogens is 270 g/mol. The molecule has 5 heteroatoms. The molecule has 0 fully saturated rings. The molecule has 0 saturated heterocycles. The Labute approximate surface area is 114 Å². The number of carbonyl (C=O) groups is 1. The molecule has 0 aliphatic heterocycles. The summed E-state index contributed by atoms with van der Waals surface area (Å²) in [7, 11) is 0. The normalized spacial score (nSPS) is 12.1. The highest BCUT2D eigenvalue weighted by atomic mass is 35.5. The van der Waals surface area contributed by atoms with E-state index in [1.54, 1.807) is 6.07 Å². The van der Waals surface area contributed by atoms with Crippen LogP contribution in [0.1, 0.15) is 16.5 Å². The summed E-state index contributed by atoms with van der Waals surface area (Å²) in [6.45, 7) is 0.136. The van der Waals surface area contributed by atoms with Crippen molar-refractivity contribution in [2.24, 2.45) is 5.73 Å². The van der Waals surface area contributed by atoms with Crippen LogP contribution in [0, 0.1) is 0 Å². The zero-order chi connectivity index (χ0) is 13.0. The summed E-state index contributed by atoms with van der Waals surface area (Å²) < 4.78 is 5.15. The summed E-state index contributed by atoms with van der Waals surface area (Å²) in [5.41, 5.74) is 6.56. The molecule has 3 nitrogen and oxygen atoms in total. The fraction of sp³-hybridized carbons (Fsp3) is 0.154. The molecule has 0 spiro atoms. The molecule has 1 atom stereocenters. The molecule has 1 unspecified atom stereocenters. The van der Waals surface area contributed by atoms with Gasteiger partial charge in [-0.05, 0) is 17.5 Å². The number of hydrogen-bond acceptors (Lipinski definition) is 4. The molecule has 0 amide bonds. The van der Waals surface area contributed by atoms with Crippen molar-refractivity contribution in [3.05, 3.63) is 57.2 Å². The lowest BCUT2D eigenvalue weighted by atomic mass is 10.2. The van der Waals surface area contributed by atoms with Gasteiger partial charge in [0.05, 0.1) is 0 Å². The maximum atomic E-state index is 11.7. The third-order valence-corrected chi connectivity index (χ3v) is 3.76. The summed E-state index contributed by atoms with van der Waals surface area (Å²) in [5.74, 6) is -0.447. The molecule has 0 aliphatic rings. The van der Waals surface area contributed by atoms with E-state index >= 15 is 0 Å². The van der Waals surface area contributed by atoms with Gasteiger partial charge in [0, 0.05) is 15.5 Å². The van der Waals surface area contributed by atoms with Crippen molar-refractivity contribution >= 4 is 28.9 Å². The third-order valence-electron chi connectivity index (χ3n) is 2.43. The Bertz CT molecular complexity index is 528. The maximum absolute atomic E-state index is 11.7. The van der Waals surface area contributed by atoms with E-state index in [0.29, 0.717) is 5.02 Å². The van der Waals surface area contributed by atoms with Crippen molar-refractivity contribution in [1.82, 2.24) is 0 Å². The highest BCUT2D eigenvalue weighted by Gasteiger charge is 2.18.